The van der Waals surface area contributed by atoms with E-state index in [0.29, 0.717) is 0 Å². The van der Waals surface area contributed by atoms with E-state index in [0.717, 1.165) is 12.2 Å². The minimum atomic E-state index is -1.40. The number of rotatable bonds is 2. The van der Waals surface area contributed by atoms with Gasteiger partial charge in [0.25, 0.3) is 0 Å². The zero-order chi connectivity index (χ0) is 9.35. The van der Waals surface area contributed by atoms with Crippen LogP contribution in [0.5, 0.6) is 0 Å². The number of hydrogen-bond acceptors (Lipinski definition) is 1. The predicted molar refractivity (Wildman–Crippen MR) is 55.5 cm³/mol. The van der Waals surface area contributed by atoms with Crippen molar-refractivity contribution in [2.24, 2.45) is 0 Å². The topological polar surface area (TPSA) is 9.23 Å². The van der Waals surface area contributed by atoms with E-state index in [2.05, 4.69) is 39.6 Å². The van der Waals surface area contributed by atoms with Gasteiger partial charge >= 0.3 is 0 Å². The molecule has 0 radical (unpaired) electrons. The Balaban J connectivity index is 2.69. The zero-order valence-electron chi connectivity index (χ0n) is 8.69. The smallest absolute Gasteiger partial charge is 0.242 e. The van der Waals surface area contributed by atoms with Gasteiger partial charge in [-0.3, -0.25) is 0 Å². The van der Waals surface area contributed by atoms with Gasteiger partial charge in [0, 0.05) is 0 Å². The first-order valence-corrected chi connectivity index (χ1v) is 7.87. The largest absolute Gasteiger partial charge is 0.544 e. The summed E-state index contributed by atoms with van der Waals surface area (Å²) in [6.45, 7) is 11.0. The third-order valence-electron chi connectivity index (χ3n) is 2.02. The van der Waals surface area contributed by atoms with Gasteiger partial charge in [-0.25, -0.2) is 0 Å². The minimum Gasteiger partial charge on any atom is -0.544 e. The molecule has 0 saturated heterocycles. The van der Waals surface area contributed by atoms with Crippen molar-refractivity contribution >= 4 is 8.32 Å². The van der Waals surface area contributed by atoms with E-state index in [4.69, 9.17) is 4.43 Å². The van der Waals surface area contributed by atoms with Gasteiger partial charge < -0.3 is 4.43 Å². The Labute approximate surface area is 76.3 Å². The molecule has 0 heterocycles. The Hall–Kier alpha value is -0.503. The lowest BCUT2D eigenvalue weighted by Gasteiger charge is -2.20. The van der Waals surface area contributed by atoms with Crippen LogP contribution in [0.15, 0.2) is 23.0 Å². The van der Waals surface area contributed by atoms with Crippen LogP contribution in [-0.4, -0.2) is 8.32 Å². The highest BCUT2D eigenvalue weighted by Crippen LogP contribution is 2.28. The molecule has 0 aromatic rings. The number of hydrogen-bond donors (Lipinski definition) is 0. The van der Waals surface area contributed by atoms with Crippen molar-refractivity contribution in [3.63, 3.8) is 0 Å². The highest BCUT2D eigenvalue weighted by molar-refractivity contribution is 6.70. The summed E-state index contributed by atoms with van der Waals surface area (Å²) < 4.78 is 5.92. The molecule has 2 heteroatoms. The van der Waals surface area contributed by atoms with Crippen molar-refractivity contribution < 1.29 is 4.43 Å². The average molecular weight is 182 g/mol. The van der Waals surface area contributed by atoms with Crippen LogP contribution in [0.4, 0.5) is 0 Å². The molecule has 0 N–H and O–H groups in total. The fourth-order valence-corrected chi connectivity index (χ4v) is 2.11. The molecule has 0 unspecified atom stereocenters. The quantitative estimate of drug-likeness (QED) is 0.594. The van der Waals surface area contributed by atoms with Crippen molar-refractivity contribution in [1.29, 1.82) is 0 Å². The lowest BCUT2D eigenvalue weighted by atomic mass is 10.2. The SMILES string of the molecule is CC1=C(C)C(O[Si](C)(C)C)=CC1. The van der Waals surface area contributed by atoms with Crippen LogP contribution in [0.3, 0.4) is 0 Å². The van der Waals surface area contributed by atoms with E-state index >= 15 is 0 Å². The molecular formula is C10H18OSi. The van der Waals surface area contributed by atoms with E-state index in [1.54, 1.807) is 0 Å². The molecule has 68 valence electrons. The van der Waals surface area contributed by atoms with Crippen molar-refractivity contribution in [2.45, 2.75) is 39.9 Å². The molecule has 0 atom stereocenters. The first kappa shape index (κ1) is 9.58. The molecule has 0 bridgehead atoms. The summed E-state index contributed by atoms with van der Waals surface area (Å²) in [5.41, 5.74) is 2.79. The van der Waals surface area contributed by atoms with Crippen molar-refractivity contribution in [1.82, 2.24) is 0 Å². The van der Waals surface area contributed by atoms with Crippen LogP contribution in [0.25, 0.3) is 0 Å². The maximum Gasteiger partial charge on any atom is 0.242 e. The van der Waals surface area contributed by atoms with Crippen LogP contribution in [0, 0.1) is 0 Å². The Bertz CT molecular complexity index is 243. The molecule has 1 aliphatic rings. The standard InChI is InChI=1S/C10H18OSi/c1-8-6-7-10(9(8)2)11-12(3,4)5/h7H,6H2,1-5H3. The Morgan fingerprint density at radius 2 is 1.83 bits per heavy atom. The highest BCUT2D eigenvalue weighted by atomic mass is 28.4. The molecule has 0 fully saturated rings. The third kappa shape index (κ3) is 2.24. The van der Waals surface area contributed by atoms with Crippen molar-refractivity contribution in [2.75, 3.05) is 0 Å². The van der Waals surface area contributed by atoms with E-state index < -0.39 is 8.32 Å². The molecule has 0 spiro atoms. The molecule has 0 aromatic heterocycles. The van der Waals surface area contributed by atoms with E-state index in [1.165, 1.54) is 11.1 Å². The number of allylic oxidation sites excluding steroid dienone is 3. The molecule has 1 nitrogen and oxygen atoms in total. The molecule has 0 amide bonds. The van der Waals surface area contributed by atoms with Gasteiger partial charge in [-0.05, 0) is 51.6 Å². The predicted octanol–water partition coefficient (Wildman–Crippen LogP) is 3.46. The average Bonchev–Trinajstić information content (AvgIpc) is 2.16. The van der Waals surface area contributed by atoms with E-state index in [1.807, 2.05) is 0 Å². The third-order valence-corrected chi connectivity index (χ3v) is 2.85. The second-order valence-corrected chi connectivity index (χ2v) is 8.82. The Morgan fingerprint density at radius 3 is 2.17 bits per heavy atom. The van der Waals surface area contributed by atoms with Gasteiger partial charge in [0.15, 0.2) is 0 Å². The fraction of sp³-hybridized carbons (Fsp3) is 0.600. The summed E-state index contributed by atoms with van der Waals surface area (Å²) in [7, 11) is -1.40. The maximum atomic E-state index is 5.92. The maximum absolute atomic E-state index is 5.92. The fourth-order valence-electron chi connectivity index (χ4n) is 1.21. The summed E-state index contributed by atoms with van der Waals surface area (Å²) in [5.74, 6) is 1.13. The molecular weight excluding hydrogens is 164 g/mol. The first-order chi connectivity index (χ1) is 5.40. The summed E-state index contributed by atoms with van der Waals surface area (Å²) in [6.07, 6.45) is 3.27. The molecule has 1 aliphatic carbocycles. The second kappa shape index (κ2) is 3.09. The molecule has 0 aliphatic heterocycles. The summed E-state index contributed by atoms with van der Waals surface area (Å²) in [6, 6.07) is 0. The van der Waals surface area contributed by atoms with Crippen molar-refractivity contribution in [3.05, 3.63) is 23.0 Å². The van der Waals surface area contributed by atoms with Gasteiger partial charge in [0.2, 0.25) is 8.32 Å². The molecule has 1 rings (SSSR count). The van der Waals surface area contributed by atoms with Gasteiger partial charge in [0.05, 0.1) is 0 Å². The van der Waals surface area contributed by atoms with Crippen LogP contribution in [-0.2, 0) is 4.43 Å². The minimum absolute atomic E-state index is 1.08. The van der Waals surface area contributed by atoms with Gasteiger partial charge in [-0.1, -0.05) is 5.57 Å². The summed E-state index contributed by atoms with van der Waals surface area (Å²) >= 11 is 0. The normalized spacial score (nSPS) is 18.2. The second-order valence-electron chi connectivity index (χ2n) is 4.39. The lowest BCUT2D eigenvalue weighted by Crippen LogP contribution is -2.24. The first-order valence-electron chi connectivity index (χ1n) is 4.46. The van der Waals surface area contributed by atoms with Gasteiger partial charge in [-0.2, -0.15) is 0 Å². The van der Waals surface area contributed by atoms with Crippen molar-refractivity contribution in [3.8, 4) is 0 Å². The monoisotopic (exact) mass is 182 g/mol. The van der Waals surface area contributed by atoms with Crippen LogP contribution < -0.4 is 0 Å². The van der Waals surface area contributed by atoms with Gasteiger partial charge in [-0.15, -0.1) is 0 Å². The zero-order valence-corrected chi connectivity index (χ0v) is 9.69. The lowest BCUT2D eigenvalue weighted by molar-refractivity contribution is 0.434. The highest BCUT2D eigenvalue weighted by Gasteiger charge is 2.21. The summed E-state index contributed by atoms with van der Waals surface area (Å²) in [5, 5.41) is 0. The van der Waals surface area contributed by atoms with E-state index in [9.17, 15) is 0 Å². The van der Waals surface area contributed by atoms with Crippen LogP contribution >= 0.6 is 0 Å². The molecule has 0 aromatic carbocycles. The molecule has 12 heavy (non-hydrogen) atoms. The molecule has 0 saturated carbocycles. The van der Waals surface area contributed by atoms with E-state index in [-0.39, 0.29) is 0 Å². The van der Waals surface area contributed by atoms with Crippen LogP contribution in [0.1, 0.15) is 20.3 Å². The Morgan fingerprint density at radius 1 is 1.25 bits per heavy atom. The summed E-state index contributed by atoms with van der Waals surface area (Å²) in [4.78, 5) is 0. The van der Waals surface area contributed by atoms with Gasteiger partial charge in [0.1, 0.15) is 5.76 Å². The Kier molecular flexibility index (Phi) is 2.47. The van der Waals surface area contributed by atoms with Crippen LogP contribution in [0.2, 0.25) is 19.6 Å².